The summed E-state index contributed by atoms with van der Waals surface area (Å²) >= 11 is 12.2. The van der Waals surface area contributed by atoms with Gasteiger partial charge in [0, 0.05) is 11.5 Å². The Kier molecular flexibility index (Phi) is 4.19. The summed E-state index contributed by atoms with van der Waals surface area (Å²) in [6.45, 7) is 0. The summed E-state index contributed by atoms with van der Waals surface area (Å²) in [5.41, 5.74) is 0.268. The fourth-order valence-corrected chi connectivity index (χ4v) is 4.13. The van der Waals surface area contributed by atoms with E-state index in [2.05, 4.69) is 46.9 Å². The van der Waals surface area contributed by atoms with Crippen molar-refractivity contribution in [2.24, 2.45) is 7.05 Å². The molecule has 6 nitrogen and oxygen atoms in total. The maximum absolute atomic E-state index is 12.3. The van der Waals surface area contributed by atoms with Crippen molar-refractivity contribution in [1.29, 1.82) is 0 Å². The lowest BCUT2D eigenvalue weighted by Crippen LogP contribution is -2.17. The molecule has 10 heteroatoms. The standard InChI is InChI=1S/C9H7Br2ClN4O2S/c1-16-9(8(11)13-15-16)19(17,18)14-7-4-5(10)2-3-6(7)12/h2-4,14H,1H3. The van der Waals surface area contributed by atoms with Crippen molar-refractivity contribution >= 4 is 59.2 Å². The second kappa shape index (κ2) is 5.39. The van der Waals surface area contributed by atoms with Crippen molar-refractivity contribution in [1.82, 2.24) is 15.0 Å². The lowest BCUT2D eigenvalue weighted by atomic mass is 10.3. The summed E-state index contributed by atoms with van der Waals surface area (Å²) in [5.74, 6) is 0. The molecule has 1 heterocycles. The van der Waals surface area contributed by atoms with Crippen molar-refractivity contribution < 1.29 is 8.42 Å². The number of anilines is 1. The molecule has 0 radical (unpaired) electrons. The molecule has 0 atom stereocenters. The van der Waals surface area contributed by atoms with Gasteiger partial charge in [0.05, 0.1) is 10.7 Å². The minimum atomic E-state index is -3.83. The fraction of sp³-hybridized carbons (Fsp3) is 0.111. The van der Waals surface area contributed by atoms with E-state index in [1.54, 1.807) is 18.2 Å². The molecular formula is C9H7Br2ClN4O2S. The SMILES string of the molecule is Cn1nnc(Br)c1S(=O)(=O)Nc1cc(Br)ccc1Cl. The molecule has 0 unspecified atom stereocenters. The van der Waals surface area contributed by atoms with Crippen LogP contribution in [-0.2, 0) is 17.1 Å². The first-order valence-electron chi connectivity index (χ1n) is 4.84. The highest BCUT2D eigenvalue weighted by atomic mass is 79.9. The molecule has 19 heavy (non-hydrogen) atoms. The Morgan fingerprint density at radius 2 is 2.05 bits per heavy atom. The average molecular weight is 431 g/mol. The van der Waals surface area contributed by atoms with Crippen LogP contribution in [0.5, 0.6) is 0 Å². The van der Waals surface area contributed by atoms with Gasteiger partial charge in [-0.1, -0.05) is 32.7 Å². The van der Waals surface area contributed by atoms with E-state index >= 15 is 0 Å². The molecule has 0 saturated carbocycles. The van der Waals surface area contributed by atoms with Crippen LogP contribution in [0, 0.1) is 0 Å². The fourth-order valence-electron chi connectivity index (χ4n) is 1.38. The molecule has 0 fully saturated rings. The van der Waals surface area contributed by atoms with E-state index in [9.17, 15) is 8.42 Å². The number of hydrogen-bond donors (Lipinski definition) is 1. The van der Waals surface area contributed by atoms with E-state index in [-0.39, 0.29) is 20.3 Å². The molecule has 102 valence electrons. The van der Waals surface area contributed by atoms with E-state index in [0.29, 0.717) is 4.47 Å². The molecule has 0 aliphatic heterocycles. The van der Waals surface area contributed by atoms with Gasteiger partial charge in [-0.15, -0.1) is 5.10 Å². The summed E-state index contributed by atoms with van der Waals surface area (Å²) in [6.07, 6.45) is 0. The number of aromatic nitrogens is 3. The van der Waals surface area contributed by atoms with Crippen molar-refractivity contribution in [2.45, 2.75) is 5.03 Å². The van der Waals surface area contributed by atoms with Crippen molar-refractivity contribution in [3.63, 3.8) is 0 Å². The first-order valence-corrected chi connectivity index (χ1v) is 8.29. The van der Waals surface area contributed by atoms with Gasteiger partial charge in [-0.05, 0) is 34.1 Å². The first kappa shape index (κ1) is 14.8. The van der Waals surface area contributed by atoms with Gasteiger partial charge in [0.2, 0.25) is 5.03 Å². The molecule has 1 aromatic carbocycles. The second-order valence-electron chi connectivity index (χ2n) is 3.54. The molecule has 2 rings (SSSR count). The summed E-state index contributed by atoms with van der Waals surface area (Å²) < 4.78 is 28.9. The van der Waals surface area contributed by atoms with Gasteiger partial charge < -0.3 is 0 Å². The third-order valence-corrected chi connectivity index (χ3v) is 5.24. The molecule has 0 aliphatic carbocycles. The Balaban J connectivity index is 2.45. The van der Waals surface area contributed by atoms with Gasteiger partial charge in [-0.2, -0.15) is 8.42 Å². The van der Waals surface area contributed by atoms with Crippen LogP contribution in [0.2, 0.25) is 5.02 Å². The summed E-state index contributed by atoms with van der Waals surface area (Å²) in [7, 11) is -2.35. The number of sulfonamides is 1. The lowest BCUT2D eigenvalue weighted by molar-refractivity contribution is 0.578. The molecule has 0 saturated heterocycles. The van der Waals surface area contributed by atoms with Crippen LogP contribution in [0.1, 0.15) is 0 Å². The van der Waals surface area contributed by atoms with Gasteiger partial charge in [-0.3, -0.25) is 4.72 Å². The highest BCUT2D eigenvalue weighted by Gasteiger charge is 2.24. The topological polar surface area (TPSA) is 76.9 Å². The van der Waals surface area contributed by atoms with E-state index in [1.165, 1.54) is 7.05 Å². The minimum absolute atomic E-state index is 0.0801. The van der Waals surface area contributed by atoms with Crippen LogP contribution >= 0.6 is 43.5 Å². The minimum Gasteiger partial charge on any atom is -0.277 e. The smallest absolute Gasteiger partial charge is 0.277 e. The highest BCUT2D eigenvalue weighted by molar-refractivity contribution is 9.10. The maximum atomic E-state index is 12.3. The highest BCUT2D eigenvalue weighted by Crippen LogP contribution is 2.29. The number of halogens is 3. The Bertz CT molecular complexity index is 712. The quantitative estimate of drug-likeness (QED) is 0.813. The molecule has 1 N–H and O–H groups in total. The first-order chi connectivity index (χ1) is 8.81. The lowest BCUT2D eigenvalue weighted by Gasteiger charge is -2.09. The number of benzene rings is 1. The van der Waals surface area contributed by atoms with Crippen LogP contribution in [-0.4, -0.2) is 23.4 Å². The maximum Gasteiger partial charge on any atom is 0.281 e. The van der Waals surface area contributed by atoms with Gasteiger partial charge in [0.15, 0.2) is 4.60 Å². The third kappa shape index (κ3) is 3.10. The molecule has 0 aliphatic rings. The van der Waals surface area contributed by atoms with Crippen LogP contribution in [0.4, 0.5) is 5.69 Å². The summed E-state index contributed by atoms with van der Waals surface area (Å²) in [4.78, 5) is 0. The Morgan fingerprint density at radius 3 is 2.63 bits per heavy atom. The van der Waals surface area contributed by atoms with Gasteiger partial charge >= 0.3 is 0 Å². The van der Waals surface area contributed by atoms with Gasteiger partial charge in [0.1, 0.15) is 0 Å². The number of aryl methyl sites for hydroxylation is 1. The van der Waals surface area contributed by atoms with E-state index in [1.807, 2.05) is 0 Å². The van der Waals surface area contributed by atoms with Crippen molar-refractivity contribution in [2.75, 3.05) is 4.72 Å². The number of hydrogen-bond acceptors (Lipinski definition) is 4. The normalized spacial score (nSPS) is 11.6. The second-order valence-corrected chi connectivity index (χ2v) is 7.21. The number of nitrogens with one attached hydrogen (secondary N) is 1. The summed E-state index contributed by atoms with van der Waals surface area (Å²) in [5, 5.41) is 7.46. The number of nitrogens with zero attached hydrogens (tertiary/aromatic N) is 3. The van der Waals surface area contributed by atoms with Gasteiger partial charge in [0.25, 0.3) is 10.0 Å². The molecule has 1 aromatic heterocycles. The van der Waals surface area contributed by atoms with E-state index in [0.717, 1.165) is 4.68 Å². The van der Waals surface area contributed by atoms with E-state index < -0.39 is 10.0 Å². The van der Waals surface area contributed by atoms with Gasteiger partial charge in [-0.25, -0.2) is 4.68 Å². The molecule has 0 spiro atoms. The zero-order valence-corrected chi connectivity index (χ0v) is 14.2. The molecule has 0 amide bonds. The van der Waals surface area contributed by atoms with Crippen molar-refractivity contribution in [3.8, 4) is 0 Å². The van der Waals surface area contributed by atoms with Crippen LogP contribution < -0.4 is 4.72 Å². The number of rotatable bonds is 3. The predicted octanol–water partition coefficient (Wildman–Crippen LogP) is 2.79. The molecular weight excluding hydrogens is 423 g/mol. The van der Waals surface area contributed by atoms with Crippen LogP contribution in [0.25, 0.3) is 0 Å². The van der Waals surface area contributed by atoms with Crippen LogP contribution in [0.3, 0.4) is 0 Å². The largest absolute Gasteiger partial charge is 0.281 e. The van der Waals surface area contributed by atoms with Crippen LogP contribution in [0.15, 0.2) is 32.3 Å². The Morgan fingerprint density at radius 1 is 1.37 bits per heavy atom. The monoisotopic (exact) mass is 428 g/mol. The van der Waals surface area contributed by atoms with E-state index in [4.69, 9.17) is 11.6 Å². The van der Waals surface area contributed by atoms with Crippen molar-refractivity contribution in [3.05, 3.63) is 32.3 Å². The average Bonchev–Trinajstić information content (AvgIpc) is 2.64. The molecule has 2 aromatic rings. The summed E-state index contributed by atoms with van der Waals surface area (Å²) in [6, 6.07) is 4.86. The molecule has 0 bridgehead atoms. The zero-order chi connectivity index (χ0) is 14.2. The zero-order valence-electron chi connectivity index (χ0n) is 9.43. The Hall–Kier alpha value is -0.640. The third-order valence-electron chi connectivity index (χ3n) is 2.16. The predicted molar refractivity (Wildman–Crippen MR) is 78.7 cm³/mol. The Labute approximate surface area is 131 Å².